The molecule has 1 aliphatic heterocycles. The molecule has 1 aromatic rings. The zero-order chi connectivity index (χ0) is 13.1. The van der Waals surface area contributed by atoms with E-state index in [1.807, 2.05) is 12.1 Å². The summed E-state index contributed by atoms with van der Waals surface area (Å²) in [6.45, 7) is 2.35. The molecule has 1 atom stereocenters. The van der Waals surface area contributed by atoms with Gasteiger partial charge in [0.15, 0.2) is 0 Å². The molecule has 1 fully saturated rings. The highest BCUT2D eigenvalue weighted by molar-refractivity contribution is 6.30. The summed E-state index contributed by atoms with van der Waals surface area (Å²) in [4.78, 5) is 13.7. The highest BCUT2D eigenvalue weighted by atomic mass is 35.5. The van der Waals surface area contributed by atoms with Crippen LogP contribution in [0.4, 0.5) is 0 Å². The van der Waals surface area contributed by atoms with Gasteiger partial charge in [-0.05, 0) is 17.7 Å². The molecule has 0 bridgehead atoms. The Morgan fingerprint density at radius 3 is 2.61 bits per heavy atom. The van der Waals surface area contributed by atoms with Crippen LogP contribution in [0.2, 0.25) is 5.02 Å². The summed E-state index contributed by atoms with van der Waals surface area (Å²) in [6, 6.07) is 7.26. The molecule has 1 saturated heterocycles. The normalized spacial score (nSPS) is 18.3. The van der Waals surface area contributed by atoms with Crippen molar-refractivity contribution in [3.63, 3.8) is 0 Å². The fourth-order valence-corrected chi connectivity index (χ4v) is 2.26. The van der Waals surface area contributed by atoms with E-state index in [1.165, 1.54) is 0 Å². The molecule has 0 aromatic heterocycles. The first-order valence-corrected chi connectivity index (χ1v) is 6.28. The van der Waals surface area contributed by atoms with Gasteiger partial charge in [0.25, 0.3) is 0 Å². The number of carbonyl (C=O) groups excluding carboxylic acids is 1. The molecule has 5 heteroatoms. The van der Waals surface area contributed by atoms with Crippen LogP contribution >= 0.6 is 11.6 Å². The molecule has 4 nitrogen and oxygen atoms in total. The molecule has 0 spiro atoms. The third-order valence-electron chi connectivity index (χ3n) is 3.31. The van der Waals surface area contributed by atoms with E-state index in [-0.39, 0.29) is 17.9 Å². The minimum absolute atomic E-state index is 0.281. The Balaban J connectivity index is 2.01. The van der Waals surface area contributed by atoms with Gasteiger partial charge in [-0.1, -0.05) is 23.7 Å². The Hall–Kier alpha value is -1.10. The number of benzene rings is 1. The van der Waals surface area contributed by atoms with E-state index in [9.17, 15) is 4.79 Å². The molecule has 0 unspecified atom stereocenters. The number of nitrogens with two attached hydrogens (primary N) is 1. The number of amides is 1. The van der Waals surface area contributed by atoms with Gasteiger partial charge in [0.2, 0.25) is 5.91 Å². The molecule has 1 aliphatic rings. The minimum Gasteiger partial charge on any atom is -0.379 e. The van der Waals surface area contributed by atoms with Crippen molar-refractivity contribution in [2.45, 2.75) is 12.0 Å². The lowest BCUT2D eigenvalue weighted by Crippen LogP contribution is -2.53. The van der Waals surface area contributed by atoms with Gasteiger partial charge in [-0.25, -0.2) is 0 Å². The van der Waals surface area contributed by atoms with Crippen LogP contribution < -0.4 is 5.73 Å². The van der Waals surface area contributed by atoms with Crippen LogP contribution in [0.1, 0.15) is 11.5 Å². The summed E-state index contributed by atoms with van der Waals surface area (Å²) in [7, 11) is 1.70. The van der Waals surface area contributed by atoms with Crippen molar-refractivity contribution >= 4 is 17.5 Å². The Labute approximate surface area is 112 Å². The summed E-state index contributed by atoms with van der Waals surface area (Å²) in [5, 5.41) is 0.658. The summed E-state index contributed by atoms with van der Waals surface area (Å²) in [6.07, 6.45) is 0.281. The van der Waals surface area contributed by atoms with E-state index in [4.69, 9.17) is 22.1 Å². The van der Waals surface area contributed by atoms with Gasteiger partial charge in [-0.15, -0.1) is 0 Å². The largest absolute Gasteiger partial charge is 0.379 e. The number of hydrogen-bond donors (Lipinski definition) is 1. The van der Waals surface area contributed by atoms with Crippen molar-refractivity contribution in [1.82, 2.24) is 4.90 Å². The number of methoxy groups -OCH3 is 1. The molecule has 0 aliphatic carbocycles. The van der Waals surface area contributed by atoms with Crippen molar-refractivity contribution < 1.29 is 9.53 Å². The number of likely N-dealkylation sites (tertiary alicyclic amines) is 1. The molecule has 2 rings (SSSR count). The summed E-state index contributed by atoms with van der Waals surface area (Å²) in [5.41, 5.74) is 6.38. The lowest BCUT2D eigenvalue weighted by molar-refractivity contribution is -0.121. The Kier molecular flexibility index (Phi) is 4.22. The molecular weight excluding hydrogens is 252 g/mol. The summed E-state index contributed by atoms with van der Waals surface area (Å²) < 4.78 is 5.20. The van der Waals surface area contributed by atoms with Crippen molar-refractivity contribution in [3.8, 4) is 0 Å². The van der Waals surface area contributed by atoms with Gasteiger partial charge in [-0.3, -0.25) is 9.69 Å². The SMILES string of the molecule is COC1CN(C[C@@H](C(N)=O)c2ccc(Cl)cc2)C1. The maximum absolute atomic E-state index is 11.5. The standard InChI is InChI=1S/C13H17ClN2O2/c1-18-11-6-16(7-11)8-12(13(15)17)9-2-4-10(14)5-3-9/h2-5,11-12H,6-8H2,1H3,(H2,15,17)/t12-/m1/s1. The predicted octanol–water partition coefficient (Wildman–Crippen LogP) is 1.24. The average molecular weight is 269 g/mol. The summed E-state index contributed by atoms with van der Waals surface area (Å²) >= 11 is 5.83. The zero-order valence-corrected chi connectivity index (χ0v) is 11.1. The van der Waals surface area contributed by atoms with E-state index in [2.05, 4.69) is 4.90 Å². The van der Waals surface area contributed by atoms with E-state index in [0.29, 0.717) is 11.6 Å². The number of ether oxygens (including phenoxy) is 1. The van der Waals surface area contributed by atoms with Crippen LogP contribution in [0.15, 0.2) is 24.3 Å². The number of nitrogens with zero attached hydrogens (tertiary/aromatic N) is 1. The molecule has 0 radical (unpaired) electrons. The first-order chi connectivity index (χ1) is 8.60. The van der Waals surface area contributed by atoms with Crippen LogP contribution in [0.3, 0.4) is 0 Å². The maximum Gasteiger partial charge on any atom is 0.226 e. The monoisotopic (exact) mass is 268 g/mol. The number of rotatable bonds is 5. The van der Waals surface area contributed by atoms with Gasteiger partial charge in [0.05, 0.1) is 12.0 Å². The van der Waals surface area contributed by atoms with Crippen LogP contribution in [-0.4, -0.2) is 43.7 Å². The third-order valence-corrected chi connectivity index (χ3v) is 3.57. The van der Waals surface area contributed by atoms with Gasteiger partial charge >= 0.3 is 0 Å². The van der Waals surface area contributed by atoms with Crippen molar-refractivity contribution in [2.75, 3.05) is 26.7 Å². The molecule has 18 heavy (non-hydrogen) atoms. The highest BCUT2D eigenvalue weighted by Gasteiger charge is 2.30. The smallest absolute Gasteiger partial charge is 0.226 e. The van der Waals surface area contributed by atoms with E-state index >= 15 is 0 Å². The van der Waals surface area contributed by atoms with Gasteiger partial charge in [0.1, 0.15) is 0 Å². The lowest BCUT2D eigenvalue weighted by Gasteiger charge is -2.39. The molecule has 1 heterocycles. The zero-order valence-electron chi connectivity index (χ0n) is 10.3. The second-order valence-electron chi connectivity index (χ2n) is 4.58. The molecule has 1 amide bonds. The molecule has 2 N–H and O–H groups in total. The third kappa shape index (κ3) is 3.02. The van der Waals surface area contributed by atoms with Crippen molar-refractivity contribution in [2.24, 2.45) is 5.73 Å². The fourth-order valence-electron chi connectivity index (χ4n) is 2.13. The number of halogens is 1. The Bertz CT molecular complexity index is 416. The van der Waals surface area contributed by atoms with Crippen molar-refractivity contribution in [1.29, 1.82) is 0 Å². The molecule has 1 aromatic carbocycles. The Morgan fingerprint density at radius 1 is 1.50 bits per heavy atom. The van der Waals surface area contributed by atoms with Crippen LogP contribution in [-0.2, 0) is 9.53 Å². The van der Waals surface area contributed by atoms with Crippen LogP contribution in [0.5, 0.6) is 0 Å². The second-order valence-corrected chi connectivity index (χ2v) is 5.02. The van der Waals surface area contributed by atoms with Crippen LogP contribution in [0.25, 0.3) is 0 Å². The predicted molar refractivity (Wildman–Crippen MR) is 70.6 cm³/mol. The van der Waals surface area contributed by atoms with E-state index in [1.54, 1.807) is 19.2 Å². The van der Waals surface area contributed by atoms with Gasteiger partial charge < -0.3 is 10.5 Å². The van der Waals surface area contributed by atoms with Gasteiger partial charge in [0, 0.05) is 31.8 Å². The minimum atomic E-state index is -0.307. The van der Waals surface area contributed by atoms with Crippen molar-refractivity contribution in [3.05, 3.63) is 34.9 Å². The summed E-state index contributed by atoms with van der Waals surface area (Å²) in [5.74, 6) is -0.599. The second kappa shape index (κ2) is 5.69. The fraction of sp³-hybridized carbons (Fsp3) is 0.462. The molecule has 98 valence electrons. The topological polar surface area (TPSA) is 55.6 Å². The first-order valence-electron chi connectivity index (χ1n) is 5.90. The number of carbonyl (C=O) groups is 1. The first kappa shape index (κ1) is 13.3. The van der Waals surface area contributed by atoms with Crippen LogP contribution in [0, 0.1) is 0 Å². The van der Waals surface area contributed by atoms with E-state index in [0.717, 1.165) is 18.7 Å². The quantitative estimate of drug-likeness (QED) is 0.874. The molecule has 0 saturated carbocycles. The highest BCUT2D eigenvalue weighted by Crippen LogP contribution is 2.22. The van der Waals surface area contributed by atoms with Gasteiger partial charge in [-0.2, -0.15) is 0 Å². The van der Waals surface area contributed by atoms with E-state index < -0.39 is 0 Å². The lowest BCUT2D eigenvalue weighted by atomic mass is 9.96. The number of hydrogen-bond acceptors (Lipinski definition) is 3. The number of primary amides is 1. The average Bonchev–Trinajstić information content (AvgIpc) is 2.29. The Morgan fingerprint density at radius 2 is 2.11 bits per heavy atom. The maximum atomic E-state index is 11.5. The molecular formula is C13H17ClN2O2.